The number of carbonyl (C=O) groups is 1. The minimum atomic E-state index is -1.39. The van der Waals surface area contributed by atoms with Crippen LogP contribution in [0.5, 0.6) is 5.75 Å². The summed E-state index contributed by atoms with van der Waals surface area (Å²) in [7, 11) is 1.83. The topological polar surface area (TPSA) is 41.6 Å². The molecular weight excluding hydrogens is 424 g/mol. The molecule has 3 unspecified atom stereocenters. The Morgan fingerprint density at radius 1 is 1.32 bits per heavy atom. The van der Waals surface area contributed by atoms with Gasteiger partial charge in [-0.05, 0) is 61.2 Å². The number of halogens is 3. The summed E-state index contributed by atoms with van der Waals surface area (Å²) in [5, 5.41) is 3.05. The second kappa shape index (κ2) is 8.73. The van der Waals surface area contributed by atoms with E-state index < -0.39 is 22.7 Å². The predicted octanol–water partition coefficient (Wildman–Crippen LogP) is 5.31. The summed E-state index contributed by atoms with van der Waals surface area (Å²) < 4.78 is 35.2. The number of benzene rings is 2. The number of hydrogen-bond acceptors (Lipinski definition) is 3. The van der Waals surface area contributed by atoms with Crippen LogP contribution in [0.2, 0.25) is 5.02 Å². The lowest BCUT2D eigenvalue weighted by molar-refractivity contribution is -0.0129. The van der Waals surface area contributed by atoms with Gasteiger partial charge in [-0.15, -0.1) is 0 Å². The van der Waals surface area contributed by atoms with Crippen LogP contribution in [0.15, 0.2) is 36.4 Å². The molecule has 1 saturated heterocycles. The lowest BCUT2D eigenvalue weighted by atomic mass is 10.0. The number of rotatable bonds is 3. The number of piperidine rings is 1. The zero-order chi connectivity index (χ0) is 22.2. The maximum absolute atomic E-state index is 16.8. The SMILES string of the molecule is CNCC1CCCCN1C(=O)[N+]1(F)CC(c2ccc(F)c(Cl)c2)Oc2c(C)cccc21. The number of hydrogen-bond donors (Lipinski definition) is 1. The molecule has 0 bridgehead atoms. The van der Waals surface area contributed by atoms with Crippen molar-refractivity contribution in [1.82, 2.24) is 14.9 Å². The van der Waals surface area contributed by atoms with Gasteiger partial charge in [-0.1, -0.05) is 29.8 Å². The number of likely N-dealkylation sites (tertiary alicyclic amines) is 1. The fraction of sp³-hybridized carbons (Fsp3) is 0.435. The molecule has 2 aliphatic heterocycles. The Labute approximate surface area is 186 Å². The highest BCUT2D eigenvalue weighted by molar-refractivity contribution is 6.30. The van der Waals surface area contributed by atoms with Crippen molar-refractivity contribution in [1.29, 1.82) is 0 Å². The lowest BCUT2D eigenvalue weighted by Crippen LogP contribution is -2.62. The molecule has 8 heteroatoms. The quantitative estimate of drug-likeness (QED) is 0.644. The van der Waals surface area contributed by atoms with E-state index in [1.54, 1.807) is 17.0 Å². The number of nitrogens with one attached hydrogen (secondary N) is 1. The number of aryl methyl sites for hydroxylation is 1. The lowest BCUT2D eigenvalue weighted by Gasteiger charge is -2.40. The van der Waals surface area contributed by atoms with E-state index in [0.29, 0.717) is 24.4 Å². The largest absolute Gasteiger partial charge is 0.473 e. The molecule has 0 spiro atoms. The normalized spacial score (nSPS) is 25.6. The first kappa shape index (κ1) is 22.0. The Morgan fingerprint density at radius 2 is 2.13 bits per heavy atom. The summed E-state index contributed by atoms with van der Waals surface area (Å²) in [6, 6.07) is 8.69. The van der Waals surface area contributed by atoms with Crippen LogP contribution >= 0.6 is 11.6 Å². The van der Waals surface area contributed by atoms with Crippen LogP contribution < -0.4 is 14.8 Å². The smallest absolute Gasteiger partial charge is 0.463 e. The van der Waals surface area contributed by atoms with Crippen LogP contribution in [0.1, 0.15) is 36.5 Å². The first-order valence-electron chi connectivity index (χ1n) is 10.6. The van der Waals surface area contributed by atoms with Crippen LogP contribution in [-0.4, -0.2) is 43.7 Å². The molecule has 166 valence electrons. The second-order valence-electron chi connectivity index (χ2n) is 8.29. The molecular formula is C23H27ClF2N3O2+. The first-order chi connectivity index (χ1) is 14.8. The maximum atomic E-state index is 16.8. The van der Waals surface area contributed by atoms with Gasteiger partial charge in [0.05, 0.1) is 5.02 Å². The third-order valence-corrected chi connectivity index (χ3v) is 6.47. The number of ether oxygens (including phenoxy) is 1. The number of nitrogens with zero attached hydrogens (tertiary/aromatic N) is 2. The van der Waals surface area contributed by atoms with Gasteiger partial charge in [0, 0.05) is 29.7 Å². The molecule has 4 rings (SSSR count). The van der Waals surface area contributed by atoms with Crippen LogP contribution in [-0.2, 0) is 0 Å². The van der Waals surface area contributed by atoms with Gasteiger partial charge in [0.1, 0.15) is 5.82 Å². The maximum Gasteiger partial charge on any atom is 0.463 e. The fourth-order valence-corrected chi connectivity index (χ4v) is 4.74. The van der Waals surface area contributed by atoms with Gasteiger partial charge in [0.25, 0.3) is 0 Å². The van der Waals surface area contributed by atoms with Crippen LogP contribution in [0.4, 0.5) is 19.4 Å². The molecule has 3 atom stereocenters. The van der Waals surface area contributed by atoms with E-state index in [1.165, 1.54) is 18.2 Å². The molecule has 1 fully saturated rings. The third-order valence-electron chi connectivity index (χ3n) is 6.18. The molecule has 0 saturated carbocycles. The van der Waals surface area contributed by atoms with Gasteiger partial charge in [-0.3, -0.25) is 4.90 Å². The molecule has 1 N–H and O–H groups in total. The average molecular weight is 451 g/mol. The summed E-state index contributed by atoms with van der Waals surface area (Å²) >= 11 is 5.96. The molecule has 2 amide bonds. The van der Waals surface area contributed by atoms with E-state index in [9.17, 15) is 9.18 Å². The van der Waals surface area contributed by atoms with Crippen molar-refractivity contribution in [3.05, 3.63) is 58.4 Å². The van der Waals surface area contributed by atoms with Gasteiger partial charge in [0.15, 0.2) is 18.4 Å². The number of para-hydroxylation sites is 1. The number of amides is 2. The van der Waals surface area contributed by atoms with Crippen molar-refractivity contribution in [3.63, 3.8) is 0 Å². The van der Waals surface area contributed by atoms with Crippen molar-refractivity contribution >= 4 is 23.3 Å². The predicted molar refractivity (Wildman–Crippen MR) is 117 cm³/mol. The Hall–Kier alpha value is -2.22. The molecule has 0 aliphatic carbocycles. The summed E-state index contributed by atoms with van der Waals surface area (Å²) in [4.78, 5) is 15.3. The molecule has 0 aromatic heterocycles. The van der Waals surface area contributed by atoms with Gasteiger partial charge in [-0.25, -0.2) is 9.18 Å². The summed E-state index contributed by atoms with van der Waals surface area (Å²) in [5.74, 6) is -0.213. The Kier molecular flexibility index (Phi) is 6.19. The number of carbonyl (C=O) groups excluding carboxylic acids is 1. The van der Waals surface area contributed by atoms with Crippen LogP contribution in [0.25, 0.3) is 0 Å². The Bertz CT molecular complexity index is 987. The second-order valence-corrected chi connectivity index (χ2v) is 8.69. The molecule has 31 heavy (non-hydrogen) atoms. The van der Waals surface area contributed by atoms with E-state index in [0.717, 1.165) is 24.8 Å². The third kappa shape index (κ3) is 4.02. The molecule has 2 aliphatic rings. The number of fused-ring (bicyclic) bond motifs is 1. The highest BCUT2D eigenvalue weighted by Gasteiger charge is 2.54. The highest BCUT2D eigenvalue weighted by atomic mass is 35.5. The number of urea groups is 1. The minimum Gasteiger partial charge on any atom is -0.473 e. The first-order valence-corrected chi connectivity index (χ1v) is 11.0. The van der Waals surface area contributed by atoms with Crippen LogP contribution in [0, 0.1) is 12.7 Å². The van der Waals surface area contributed by atoms with Gasteiger partial charge >= 0.3 is 6.03 Å². The number of quaternary nitrogens is 1. The summed E-state index contributed by atoms with van der Waals surface area (Å²) in [6.45, 7) is 2.70. The summed E-state index contributed by atoms with van der Waals surface area (Å²) in [6.07, 6.45) is 1.91. The average Bonchev–Trinajstić information content (AvgIpc) is 2.76. The summed E-state index contributed by atoms with van der Waals surface area (Å²) in [5.41, 5.74) is 1.45. The zero-order valence-electron chi connectivity index (χ0n) is 17.7. The van der Waals surface area contributed by atoms with Crippen molar-refractivity contribution in [2.45, 2.75) is 38.3 Å². The van der Waals surface area contributed by atoms with Crippen LogP contribution in [0.3, 0.4) is 0 Å². The van der Waals surface area contributed by atoms with Crippen molar-refractivity contribution in [3.8, 4) is 5.75 Å². The number of likely N-dealkylation sites (N-methyl/N-ethyl adjacent to an activating group) is 1. The molecule has 2 aromatic rings. The highest BCUT2D eigenvalue weighted by Crippen LogP contribution is 2.46. The zero-order valence-corrected chi connectivity index (χ0v) is 18.5. The molecule has 5 nitrogen and oxygen atoms in total. The molecule has 2 aromatic carbocycles. The van der Waals surface area contributed by atoms with Crippen molar-refractivity contribution < 1.29 is 18.4 Å². The molecule has 2 heterocycles. The van der Waals surface area contributed by atoms with Gasteiger partial charge in [0.2, 0.25) is 5.69 Å². The Balaban J connectivity index is 1.76. The van der Waals surface area contributed by atoms with Crippen molar-refractivity contribution in [2.24, 2.45) is 0 Å². The fourth-order valence-electron chi connectivity index (χ4n) is 4.55. The molecule has 0 radical (unpaired) electrons. The Morgan fingerprint density at radius 3 is 2.87 bits per heavy atom. The minimum absolute atomic E-state index is 0.0631. The van der Waals surface area contributed by atoms with E-state index >= 15 is 4.48 Å². The van der Waals surface area contributed by atoms with E-state index in [4.69, 9.17) is 16.3 Å². The van der Waals surface area contributed by atoms with Gasteiger partial charge < -0.3 is 10.1 Å². The van der Waals surface area contributed by atoms with Crippen molar-refractivity contribution in [2.75, 3.05) is 26.7 Å². The standard InChI is InChI=1S/C23H27ClF2N3O2/c1-15-6-5-8-20-22(15)31-21(16-9-10-19(25)18(24)12-16)14-29(20,26)23(30)28-11-4-3-7-17(28)13-27-2/h5-6,8-10,12,17,21,27H,3-4,7,11,13-14H2,1-2H3/q+1. The van der Waals surface area contributed by atoms with Gasteiger partial charge in [-0.2, -0.15) is 0 Å². The van der Waals surface area contributed by atoms with E-state index in [-0.39, 0.29) is 23.3 Å². The van der Waals surface area contributed by atoms with E-state index in [2.05, 4.69) is 5.32 Å². The monoisotopic (exact) mass is 450 g/mol. The van der Waals surface area contributed by atoms with E-state index in [1.807, 2.05) is 20.0 Å².